The molecule has 2 aromatic rings. The van der Waals surface area contributed by atoms with Crippen LogP contribution in [0.3, 0.4) is 0 Å². The number of hydrogen-bond acceptors (Lipinski definition) is 4. The zero-order valence-corrected chi connectivity index (χ0v) is 9.88. The molecule has 0 radical (unpaired) electrons. The Morgan fingerprint density at radius 1 is 1.53 bits per heavy atom. The second-order valence-electron chi connectivity index (χ2n) is 3.41. The Kier molecular flexibility index (Phi) is 3.40. The molecule has 4 nitrogen and oxygen atoms in total. The quantitative estimate of drug-likeness (QED) is 0.847. The Labute approximate surface area is 102 Å². The van der Waals surface area contributed by atoms with Crippen molar-refractivity contribution in [3.05, 3.63) is 41.0 Å². The van der Waals surface area contributed by atoms with Gasteiger partial charge in [-0.3, -0.25) is 5.10 Å². The molecule has 2 rings (SSSR count). The summed E-state index contributed by atoms with van der Waals surface area (Å²) in [5, 5.41) is 16.2. The van der Waals surface area contributed by atoms with Crippen LogP contribution in [0.1, 0.15) is 17.0 Å². The molecule has 0 fully saturated rings. The highest BCUT2D eigenvalue weighted by molar-refractivity contribution is 7.98. The van der Waals surface area contributed by atoms with Crippen molar-refractivity contribution in [2.24, 2.45) is 0 Å². The summed E-state index contributed by atoms with van der Waals surface area (Å²) in [6.45, 7) is 1.81. The first-order chi connectivity index (χ1) is 8.19. The Hall–Kier alpha value is -1.87. The lowest BCUT2D eigenvalue weighted by atomic mass is 10.1. The van der Waals surface area contributed by atoms with Crippen LogP contribution >= 0.6 is 11.8 Å². The molecule has 0 amide bonds. The normalized spacial score (nSPS) is 10.2. The van der Waals surface area contributed by atoms with Crippen LogP contribution in [0.5, 0.6) is 0 Å². The highest BCUT2D eigenvalue weighted by atomic mass is 32.2. The van der Waals surface area contributed by atoms with Crippen molar-refractivity contribution < 1.29 is 4.39 Å². The van der Waals surface area contributed by atoms with E-state index in [0.717, 1.165) is 5.82 Å². The number of H-pyrrole nitrogens is 1. The predicted octanol–water partition coefficient (Wildman–Crippen LogP) is 2.42. The molecule has 1 N–H and O–H groups in total. The van der Waals surface area contributed by atoms with E-state index in [-0.39, 0.29) is 5.82 Å². The SMILES string of the molecule is Cc1nc(SCc2cc(F)ccc2C#N)n[nH]1. The summed E-state index contributed by atoms with van der Waals surface area (Å²) in [7, 11) is 0. The second-order valence-corrected chi connectivity index (χ2v) is 4.35. The summed E-state index contributed by atoms with van der Waals surface area (Å²) in [5.41, 5.74) is 1.13. The van der Waals surface area contributed by atoms with Gasteiger partial charge in [-0.2, -0.15) is 5.26 Å². The van der Waals surface area contributed by atoms with E-state index < -0.39 is 0 Å². The van der Waals surface area contributed by atoms with Crippen LogP contribution in [0.2, 0.25) is 0 Å². The number of halogens is 1. The van der Waals surface area contributed by atoms with Gasteiger partial charge in [-0.05, 0) is 30.7 Å². The van der Waals surface area contributed by atoms with E-state index in [0.29, 0.717) is 22.0 Å². The molecule has 0 saturated carbocycles. The van der Waals surface area contributed by atoms with Gasteiger partial charge in [0.2, 0.25) is 5.16 Å². The number of aromatic nitrogens is 3. The van der Waals surface area contributed by atoms with Gasteiger partial charge >= 0.3 is 0 Å². The van der Waals surface area contributed by atoms with Crippen LogP contribution in [0.25, 0.3) is 0 Å². The lowest BCUT2D eigenvalue weighted by Crippen LogP contribution is -1.90. The van der Waals surface area contributed by atoms with Crippen LogP contribution in [-0.2, 0) is 5.75 Å². The standard InChI is InChI=1S/C11H9FN4S/c1-7-14-11(16-15-7)17-6-9-4-10(12)3-2-8(9)5-13/h2-4H,6H2,1H3,(H,14,15,16). The topological polar surface area (TPSA) is 65.4 Å². The minimum absolute atomic E-state index is 0.342. The fourth-order valence-corrected chi connectivity index (χ4v) is 2.15. The maximum atomic E-state index is 13.1. The average molecular weight is 248 g/mol. The molecule has 0 aliphatic heterocycles. The van der Waals surface area contributed by atoms with Crippen molar-refractivity contribution in [2.45, 2.75) is 17.8 Å². The zero-order chi connectivity index (χ0) is 12.3. The van der Waals surface area contributed by atoms with Crippen LogP contribution < -0.4 is 0 Å². The number of aryl methyl sites for hydroxylation is 1. The van der Waals surface area contributed by atoms with Gasteiger partial charge in [0.25, 0.3) is 0 Å². The molecule has 17 heavy (non-hydrogen) atoms. The molecule has 0 atom stereocenters. The lowest BCUT2D eigenvalue weighted by Gasteiger charge is -2.01. The van der Waals surface area contributed by atoms with E-state index in [1.807, 2.05) is 6.07 Å². The summed E-state index contributed by atoms with van der Waals surface area (Å²) in [6, 6.07) is 6.16. The first-order valence-corrected chi connectivity index (χ1v) is 5.88. The summed E-state index contributed by atoms with van der Waals surface area (Å²) < 4.78 is 13.1. The van der Waals surface area contributed by atoms with Crippen molar-refractivity contribution in [3.8, 4) is 6.07 Å². The van der Waals surface area contributed by atoms with Gasteiger partial charge in [0, 0.05) is 5.75 Å². The number of thioether (sulfide) groups is 1. The summed E-state index contributed by atoms with van der Waals surface area (Å²) in [6.07, 6.45) is 0. The van der Waals surface area contributed by atoms with Crippen molar-refractivity contribution in [2.75, 3.05) is 0 Å². The fourth-order valence-electron chi connectivity index (χ4n) is 1.32. The van der Waals surface area contributed by atoms with Crippen molar-refractivity contribution >= 4 is 11.8 Å². The summed E-state index contributed by atoms with van der Waals surface area (Å²) in [4.78, 5) is 4.12. The Morgan fingerprint density at radius 2 is 2.35 bits per heavy atom. The lowest BCUT2D eigenvalue weighted by molar-refractivity contribution is 0.626. The predicted molar refractivity (Wildman–Crippen MR) is 61.8 cm³/mol. The van der Waals surface area contributed by atoms with Gasteiger partial charge in [-0.15, -0.1) is 5.10 Å². The van der Waals surface area contributed by atoms with Gasteiger partial charge < -0.3 is 0 Å². The molecular weight excluding hydrogens is 239 g/mol. The number of rotatable bonds is 3. The third-order valence-electron chi connectivity index (χ3n) is 2.12. The van der Waals surface area contributed by atoms with Gasteiger partial charge in [-0.25, -0.2) is 9.37 Å². The maximum absolute atomic E-state index is 13.1. The molecule has 1 heterocycles. The van der Waals surface area contributed by atoms with E-state index in [1.165, 1.54) is 30.0 Å². The highest BCUT2D eigenvalue weighted by Crippen LogP contribution is 2.21. The van der Waals surface area contributed by atoms with E-state index in [2.05, 4.69) is 15.2 Å². The molecule has 1 aromatic heterocycles. The number of aromatic amines is 1. The number of nitrogens with one attached hydrogen (secondary N) is 1. The number of hydrogen-bond donors (Lipinski definition) is 1. The number of benzene rings is 1. The molecule has 0 bridgehead atoms. The zero-order valence-electron chi connectivity index (χ0n) is 9.07. The van der Waals surface area contributed by atoms with Gasteiger partial charge in [-0.1, -0.05) is 11.8 Å². The highest BCUT2D eigenvalue weighted by Gasteiger charge is 2.06. The second kappa shape index (κ2) is 4.97. The molecule has 6 heteroatoms. The summed E-state index contributed by atoms with van der Waals surface area (Å²) in [5.74, 6) is 0.857. The van der Waals surface area contributed by atoms with Crippen LogP contribution in [0, 0.1) is 24.1 Å². The van der Waals surface area contributed by atoms with Crippen LogP contribution in [0.4, 0.5) is 4.39 Å². The van der Waals surface area contributed by atoms with E-state index in [1.54, 1.807) is 6.92 Å². The van der Waals surface area contributed by atoms with Gasteiger partial charge in [0.05, 0.1) is 11.6 Å². The number of nitrogens with zero attached hydrogens (tertiary/aromatic N) is 3. The maximum Gasteiger partial charge on any atom is 0.208 e. The van der Waals surface area contributed by atoms with E-state index in [4.69, 9.17) is 5.26 Å². The molecule has 0 aliphatic rings. The average Bonchev–Trinajstić information content (AvgIpc) is 2.73. The molecule has 0 spiro atoms. The fraction of sp³-hybridized carbons (Fsp3) is 0.182. The number of nitriles is 1. The van der Waals surface area contributed by atoms with Gasteiger partial charge in [0.15, 0.2) is 0 Å². The van der Waals surface area contributed by atoms with Crippen LogP contribution in [-0.4, -0.2) is 15.2 Å². The van der Waals surface area contributed by atoms with Crippen LogP contribution in [0.15, 0.2) is 23.4 Å². The van der Waals surface area contributed by atoms with Crippen molar-refractivity contribution in [3.63, 3.8) is 0 Å². The molecule has 0 aliphatic carbocycles. The Morgan fingerprint density at radius 3 is 3.00 bits per heavy atom. The monoisotopic (exact) mass is 248 g/mol. The van der Waals surface area contributed by atoms with Crippen molar-refractivity contribution in [1.29, 1.82) is 5.26 Å². The first-order valence-electron chi connectivity index (χ1n) is 4.89. The third kappa shape index (κ3) is 2.82. The molecular formula is C11H9FN4S. The summed E-state index contributed by atoms with van der Waals surface area (Å²) >= 11 is 1.36. The smallest absolute Gasteiger partial charge is 0.208 e. The Balaban J connectivity index is 2.13. The molecule has 86 valence electrons. The van der Waals surface area contributed by atoms with Crippen molar-refractivity contribution in [1.82, 2.24) is 15.2 Å². The minimum Gasteiger partial charge on any atom is -0.262 e. The molecule has 0 saturated heterocycles. The minimum atomic E-state index is -0.342. The molecule has 1 aromatic carbocycles. The third-order valence-corrected chi connectivity index (χ3v) is 3.02. The van der Waals surface area contributed by atoms with Gasteiger partial charge in [0.1, 0.15) is 11.6 Å². The Bertz CT molecular complexity index is 573. The molecule has 0 unspecified atom stereocenters. The van der Waals surface area contributed by atoms with E-state index in [9.17, 15) is 4.39 Å². The van der Waals surface area contributed by atoms with E-state index >= 15 is 0 Å². The largest absolute Gasteiger partial charge is 0.262 e. The first kappa shape index (κ1) is 11.6.